The number of amides is 1. The highest BCUT2D eigenvalue weighted by molar-refractivity contribution is 5.93. The second-order valence-electron chi connectivity index (χ2n) is 5.96. The Bertz CT molecular complexity index is 1030. The van der Waals surface area contributed by atoms with Gasteiger partial charge in [0.15, 0.2) is 6.61 Å². The van der Waals surface area contributed by atoms with Crippen molar-refractivity contribution in [1.29, 1.82) is 0 Å². The summed E-state index contributed by atoms with van der Waals surface area (Å²) in [6.07, 6.45) is -9.39. The van der Waals surface area contributed by atoms with Gasteiger partial charge in [-0.25, -0.2) is 4.98 Å². The van der Waals surface area contributed by atoms with Gasteiger partial charge in [0.05, 0.1) is 16.7 Å². The third kappa shape index (κ3) is 4.98. The van der Waals surface area contributed by atoms with Gasteiger partial charge in [0, 0.05) is 0 Å². The lowest BCUT2D eigenvalue weighted by Crippen LogP contribution is -2.24. The van der Waals surface area contributed by atoms with Gasteiger partial charge in [0.1, 0.15) is 12.3 Å². The van der Waals surface area contributed by atoms with E-state index in [0.717, 1.165) is 0 Å². The number of alkyl halides is 6. The molecule has 0 fully saturated rings. The zero-order valence-corrected chi connectivity index (χ0v) is 14.5. The largest absolute Gasteiger partial charge is 0.482 e. The molecule has 0 aliphatic heterocycles. The van der Waals surface area contributed by atoms with Gasteiger partial charge in [-0.05, 0) is 24.3 Å². The summed E-state index contributed by atoms with van der Waals surface area (Å²) >= 11 is 0. The normalized spacial score (nSPS) is 12.2. The number of carbonyl (C=O) groups excluding carboxylic acids is 1. The number of benzene rings is 2. The lowest BCUT2D eigenvalue weighted by atomic mass is 10.3. The summed E-state index contributed by atoms with van der Waals surface area (Å²) in [6, 6.07) is 11.1. The van der Waals surface area contributed by atoms with Gasteiger partial charge < -0.3 is 14.6 Å². The molecule has 1 aromatic heterocycles. The maximum atomic E-state index is 13.3. The number of imidazole rings is 1. The predicted octanol–water partition coefficient (Wildman–Crippen LogP) is 4.63. The van der Waals surface area contributed by atoms with Gasteiger partial charge in [-0.2, -0.15) is 26.3 Å². The number of fused-ring (bicyclic) bond motifs is 1. The van der Waals surface area contributed by atoms with Gasteiger partial charge in [-0.1, -0.05) is 24.3 Å². The summed E-state index contributed by atoms with van der Waals surface area (Å²) in [7, 11) is 0. The van der Waals surface area contributed by atoms with E-state index in [1.807, 2.05) is 0 Å². The summed E-state index contributed by atoms with van der Waals surface area (Å²) in [5.41, 5.74) is 0.0536. The number of ether oxygens (including phenoxy) is 1. The Balaban J connectivity index is 1.84. The molecule has 11 heteroatoms. The average molecular weight is 417 g/mol. The molecule has 29 heavy (non-hydrogen) atoms. The van der Waals surface area contributed by atoms with Crippen LogP contribution in [-0.4, -0.2) is 28.2 Å². The Morgan fingerprint density at radius 3 is 2.34 bits per heavy atom. The quantitative estimate of drug-likeness (QED) is 0.616. The van der Waals surface area contributed by atoms with Crippen LogP contribution in [0.1, 0.15) is 5.82 Å². The second-order valence-corrected chi connectivity index (χ2v) is 5.96. The van der Waals surface area contributed by atoms with Crippen molar-refractivity contribution in [2.75, 3.05) is 11.9 Å². The van der Waals surface area contributed by atoms with E-state index in [-0.39, 0.29) is 22.5 Å². The van der Waals surface area contributed by atoms with E-state index < -0.39 is 37.2 Å². The van der Waals surface area contributed by atoms with Gasteiger partial charge in [-0.3, -0.25) is 4.79 Å². The van der Waals surface area contributed by atoms with E-state index in [4.69, 9.17) is 0 Å². The van der Waals surface area contributed by atoms with Crippen LogP contribution in [0.3, 0.4) is 0 Å². The zero-order chi connectivity index (χ0) is 21.2. The summed E-state index contributed by atoms with van der Waals surface area (Å²) in [5, 5.41) is 2.28. The van der Waals surface area contributed by atoms with Gasteiger partial charge in [0.25, 0.3) is 0 Å². The monoisotopic (exact) mass is 417 g/mol. The molecule has 0 aliphatic rings. The molecule has 2 aromatic carbocycles. The highest BCUT2D eigenvalue weighted by Gasteiger charge is 2.38. The molecule has 0 radical (unpaired) electrons. The van der Waals surface area contributed by atoms with E-state index in [2.05, 4.69) is 15.0 Å². The van der Waals surface area contributed by atoms with E-state index in [0.29, 0.717) is 4.57 Å². The fourth-order valence-electron chi connectivity index (χ4n) is 2.64. The van der Waals surface area contributed by atoms with Crippen LogP contribution in [0.4, 0.5) is 32.0 Å². The van der Waals surface area contributed by atoms with E-state index in [9.17, 15) is 31.1 Å². The van der Waals surface area contributed by atoms with Crippen LogP contribution >= 0.6 is 0 Å². The van der Waals surface area contributed by atoms with Crippen LogP contribution in [-0.2, 0) is 17.5 Å². The van der Waals surface area contributed by atoms with Crippen molar-refractivity contribution in [2.45, 2.75) is 18.9 Å². The molecule has 0 atom stereocenters. The number of anilines is 1. The molecule has 0 saturated heterocycles. The molecule has 3 aromatic rings. The maximum absolute atomic E-state index is 13.3. The first-order valence-electron chi connectivity index (χ1n) is 8.15. The lowest BCUT2D eigenvalue weighted by molar-refractivity contribution is -0.153. The van der Waals surface area contributed by atoms with E-state index >= 15 is 0 Å². The Labute approximate surface area is 159 Å². The molecular weight excluding hydrogens is 404 g/mol. The summed E-state index contributed by atoms with van der Waals surface area (Å²) in [5.74, 6) is -2.40. The smallest absolute Gasteiger partial charge is 0.449 e. The number of carbonyl (C=O) groups is 1. The predicted molar refractivity (Wildman–Crippen MR) is 91.4 cm³/mol. The first kappa shape index (κ1) is 20.5. The number of hydrogen-bond donors (Lipinski definition) is 1. The molecular formula is C18H13F6N3O2. The SMILES string of the molecule is O=C(Cn1c(C(F)(F)F)nc2ccccc21)Nc1ccccc1OCC(F)(F)F. The topological polar surface area (TPSA) is 56.2 Å². The first-order valence-corrected chi connectivity index (χ1v) is 8.15. The molecule has 3 rings (SSSR count). The van der Waals surface area contributed by atoms with Gasteiger partial charge >= 0.3 is 12.4 Å². The maximum Gasteiger partial charge on any atom is 0.449 e. The van der Waals surface area contributed by atoms with Gasteiger partial charge in [0.2, 0.25) is 11.7 Å². The van der Waals surface area contributed by atoms with E-state index in [1.165, 1.54) is 48.5 Å². The standard InChI is InChI=1S/C18H13F6N3O2/c19-17(20,21)10-29-14-8-4-2-6-12(14)25-15(28)9-27-13-7-3-1-5-11(13)26-16(27)18(22,23)24/h1-8H,9-10H2,(H,25,28). The molecule has 1 amide bonds. The van der Waals surface area contributed by atoms with Crippen LogP contribution in [0.2, 0.25) is 0 Å². The van der Waals surface area contributed by atoms with Crippen molar-refractivity contribution < 1.29 is 35.9 Å². The Morgan fingerprint density at radius 2 is 1.66 bits per heavy atom. The molecule has 1 N–H and O–H groups in total. The summed E-state index contributed by atoms with van der Waals surface area (Å²) in [4.78, 5) is 15.9. The van der Waals surface area contributed by atoms with Crippen LogP contribution in [0, 0.1) is 0 Å². The molecule has 0 bridgehead atoms. The molecule has 0 aliphatic carbocycles. The zero-order valence-electron chi connectivity index (χ0n) is 14.5. The van der Waals surface area contributed by atoms with Crippen LogP contribution < -0.4 is 10.1 Å². The minimum absolute atomic E-state index is 0.0570. The highest BCUT2D eigenvalue weighted by Crippen LogP contribution is 2.32. The molecule has 1 heterocycles. The van der Waals surface area contributed by atoms with Crippen LogP contribution in [0.25, 0.3) is 11.0 Å². The van der Waals surface area contributed by atoms with Crippen LogP contribution in [0.5, 0.6) is 5.75 Å². The molecule has 5 nitrogen and oxygen atoms in total. The van der Waals surface area contributed by atoms with Crippen molar-refractivity contribution in [3.63, 3.8) is 0 Å². The second kappa shape index (κ2) is 7.64. The van der Waals surface area contributed by atoms with Crippen molar-refractivity contribution in [1.82, 2.24) is 9.55 Å². The fourth-order valence-corrected chi connectivity index (χ4v) is 2.64. The Hall–Kier alpha value is -3.24. The molecule has 0 saturated carbocycles. The molecule has 0 unspecified atom stereocenters. The fraction of sp³-hybridized carbons (Fsp3) is 0.222. The highest BCUT2D eigenvalue weighted by atomic mass is 19.4. The Kier molecular flexibility index (Phi) is 5.40. The molecule has 0 spiro atoms. The number of nitrogens with one attached hydrogen (secondary N) is 1. The van der Waals surface area contributed by atoms with Gasteiger partial charge in [-0.15, -0.1) is 0 Å². The summed E-state index contributed by atoms with van der Waals surface area (Å²) < 4.78 is 82.3. The minimum Gasteiger partial charge on any atom is -0.482 e. The lowest BCUT2D eigenvalue weighted by Gasteiger charge is -2.15. The van der Waals surface area contributed by atoms with E-state index in [1.54, 1.807) is 0 Å². The summed E-state index contributed by atoms with van der Waals surface area (Å²) in [6.45, 7) is -2.33. The number of aromatic nitrogens is 2. The minimum atomic E-state index is -4.80. The third-order valence-electron chi connectivity index (χ3n) is 3.76. The number of nitrogens with zero attached hydrogens (tertiary/aromatic N) is 2. The van der Waals surface area contributed by atoms with Crippen molar-refractivity contribution in [2.24, 2.45) is 0 Å². The number of halogens is 6. The molecule has 154 valence electrons. The van der Waals surface area contributed by atoms with Crippen molar-refractivity contribution in [3.8, 4) is 5.75 Å². The Morgan fingerprint density at radius 1 is 1.00 bits per heavy atom. The average Bonchev–Trinajstić information content (AvgIpc) is 2.99. The van der Waals surface area contributed by atoms with Crippen LogP contribution in [0.15, 0.2) is 48.5 Å². The number of rotatable bonds is 5. The number of para-hydroxylation sites is 4. The van der Waals surface area contributed by atoms with Crippen molar-refractivity contribution in [3.05, 3.63) is 54.4 Å². The third-order valence-corrected chi connectivity index (χ3v) is 3.76. The first-order chi connectivity index (χ1) is 13.5. The van der Waals surface area contributed by atoms with Crippen molar-refractivity contribution >= 4 is 22.6 Å². The number of hydrogen-bond acceptors (Lipinski definition) is 3.